The number of carbonyl (C=O) groups excluding carboxylic acids is 1. The molecule has 0 radical (unpaired) electrons. The lowest BCUT2D eigenvalue weighted by molar-refractivity contribution is -0.124. The van der Waals surface area contributed by atoms with Gasteiger partial charge in [0, 0.05) is 17.5 Å². The van der Waals surface area contributed by atoms with E-state index in [1.807, 2.05) is 52.4 Å². The molecule has 2 aromatic carbocycles. The first kappa shape index (κ1) is 15.2. The monoisotopic (exact) mass is 339 g/mol. The summed E-state index contributed by atoms with van der Waals surface area (Å²) in [5.74, 6) is 0.215. The summed E-state index contributed by atoms with van der Waals surface area (Å²) in [6, 6.07) is 17.8. The fraction of sp³-hybridized carbons (Fsp3) is 0.263. The molecule has 2 atom stereocenters. The minimum absolute atomic E-state index is 0.0489. The van der Waals surface area contributed by atoms with Crippen LogP contribution in [-0.4, -0.2) is 29.6 Å². The van der Waals surface area contributed by atoms with Crippen LogP contribution in [0.25, 0.3) is 0 Å². The zero-order chi connectivity index (χ0) is 16.7. The highest BCUT2D eigenvalue weighted by Gasteiger charge is 2.43. The zero-order valence-electron chi connectivity index (χ0n) is 13.4. The van der Waals surface area contributed by atoms with E-state index in [0.29, 0.717) is 10.7 Å². The molecule has 2 aromatic rings. The summed E-state index contributed by atoms with van der Waals surface area (Å²) in [5, 5.41) is 7.17. The third-order valence-electron chi connectivity index (χ3n) is 4.78. The van der Waals surface area contributed by atoms with Crippen molar-refractivity contribution >= 4 is 28.9 Å². The SMILES string of the molecule is C[C@@H](c1ccccc1)N1C[C@@H]2CN(c3ccc(Cl)cc3)N=C2C1=O. The third-order valence-corrected chi connectivity index (χ3v) is 5.03. The summed E-state index contributed by atoms with van der Waals surface area (Å²) in [6.07, 6.45) is 0. The number of hydrazone groups is 1. The molecule has 2 heterocycles. The van der Waals surface area contributed by atoms with Gasteiger partial charge in [0.2, 0.25) is 0 Å². The van der Waals surface area contributed by atoms with E-state index in [1.165, 1.54) is 0 Å². The lowest BCUT2D eigenvalue weighted by atomic mass is 10.1. The van der Waals surface area contributed by atoms with Crippen molar-refractivity contribution < 1.29 is 4.79 Å². The minimum atomic E-state index is 0.0489. The number of carbonyl (C=O) groups is 1. The lowest BCUT2D eigenvalue weighted by Crippen LogP contribution is -2.32. The molecule has 1 saturated heterocycles. The number of likely N-dealkylation sites (tertiary alicyclic amines) is 1. The van der Waals surface area contributed by atoms with Crippen LogP contribution in [0.5, 0.6) is 0 Å². The fourth-order valence-electron chi connectivity index (χ4n) is 3.40. The standard InChI is InChI=1S/C19H18ClN3O/c1-13(14-5-3-2-4-6-14)22-11-15-12-23(21-18(15)19(22)24)17-9-7-16(20)8-10-17/h2-10,13,15H,11-12H2,1H3/t13-,15+/m0/s1. The summed E-state index contributed by atoms with van der Waals surface area (Å²) in [4.78, 5) is 14.7. The van der Waals surface area contributed by atoms with Crippen molar-refractivity contribution in [2.75, 3.05) is 18.1 Å². The molecule has 1 amide bonds. The second-order valence-electron chi connectivity index (χ2n) is 6.28. The lowest BCUT2D eigenvalue weighted by Gasteiger charge is -2.26. The molecule has 0 aromatic heterocycles. The van der Waals surface area contributed by atoms with Gasteiger partial charge < -0.3 is 4.90 Å². The molecule has 4 rings (SSSR count). The summed E-state index contributed by atoms with van der Waals surface area (Å²) >= 11 is 5.93. The summed E-state index contributed by atoms with van der Waals surface area (Å²) in [6.45, 7) is 3.53. The third kappa shape index (κ3) is 2.57. The van der Waals surface area contributed by atoms with E-state index in [9.17, 15) is 4.79 Å². The van der Waals surface area contributed by atoms with Gasteiger partial charge in [0.1, 0.15) is 5.71 Å². The predicted molar refractivity (Wildman–Crippen MR) is 96.3 cm³/mol. The van der Waals surface area contributed by atoms with Crippen LogP contribution in [0.15, 0.2) is 59.7 Å². The summed E-state index contributed by atoms with van der Waals surface area (Å²) in [5.41, 5.74) is 2.80. The Hall–Kier alpha value is -2.33. The highest BCUT2D eigenvalue weighted by molar-refractivity contribution is 6.42. The van der Waals surface area contributed by atoms with Gasteiger partial charge in [-0.3, -0.25) is 9.80 Å². The molecule has 1 fully saturated rings. The van der Waals surface area contributed by atoms with E-state index in [0.717, 1.165) is 24.3 Å². The Labute approximate surface area is 146 Å². The van der Waals surface area contributed by atoms with Crippen molar-refractivity contribution in [2.24, 2.45) is 11.0 Å². The average Bonchev–Trinajstić information content (AvgIpc) is 3.15. The van der Waals surface area contributed by atoms with E-state index >= 15 is 0 Å². The van der Waals surface area contributed by atoms with E-state index in [1.54, 1.807) is 0 Å². The van der Waals surface area contributed by atoms with Gasteiger partial charge in [-0.25, -0.2) is 0 Å². The Morgan fingerprint density at radius 3 is 2.46 bits per heavy atom. The number of fused-ring (bicyclic) bond motifs is 1. The Morgan fingerprint density at radius 1 is 1.08 bits per heavy atom. The molecule has 0 bridgehead atoms. The molecule has 5 heteroatoms. The maximum absolute atomic E-state index is 12.8. The van der Waals surface area contributed by atoms with E-state index < -0.39 is 0 Å². The van der Waals surface area contributed by atoms with Gasteiger partial charge in [0.15, 0.2) is 0 Å². The summed E-state index contributed by atoms with van der Waals surface area (Å²) < 4.78 is 0. The first-order valence-corrected chi connectivity index (χ1v) is 8.49. The highest BCUT2D eigenvalue weighted by atomic mass is 35.5. The number of halogens is 1. The van der Waals surface area contributed by atoms with Gasteiger partial charge in [-0.05, 0) is 36.8 Å². The number of hydrogen-bond donors (Lipinski definition) is 0. The molecular weight excluding hydrogens is 322 g/mol. The van der Waals surface area contributed by atoms with Crippen LogP contribution in [0, 0.1) is 5.92 Å². The van der Waals surface area contributed by atoms with E-state index in [4.69, 9.17) is 11.6 Å². The number of nitrogens with zero attached hydrogens (tertiary/aromatic N) is 3. The minimum Gasteiger partial charge on any atom is -0.330 e. The molecule has 0 saturated carbocycles. The maximum atomic E-state index is 12.8. The molecule has 0 spiro atoms. The zero-order valence-corrected chi connectivity index (χ0v) is 14.1. The quantitative estimate of drug-likeness (QED) is 0.854. The second-order valence-corrected chi connectivity index (χ2v) is 6.72. The molecule has 24 heavy (non-hydrogen) atoms. The number of amides is 1. The number of anilines is 1. The maximum Gasteiger partial charge on any atom is 0.271 e. The van der Waals surface area contributed by atoms with E-state index in [2.05, 4.69) is 24.2 Å². The molecule has 4 nitrogen and oxygen atoms in total. The highest BCUT2D eigenvalue weighted by Crippen LogP contribution is 2.32. The Morgan fingerprint density at radius 2 is 1.79 bits per heavy atom. The average molecular weight is 340 g/mol. The molecule has 0 unspecified atom stereocenters. The van der Waals surface area contributed by atoms with Gasteiger partial charge in [-0.15, -0.1) is 0 Å². The topological polar surface area (TPSA) is 35.9 Å². The van der Waals surface area contributed by atoms with Gasteiger partial charge in [-0.2, -0.15) is 5.10 Å². The Bertz CT molecular complexity index is 788. The molecular formula is C19H18ClN3O. The van der Waals surface area contributed by atoms with Gasteiger partial charge in [-0.1, -0.05) is 41.9 Å². The Balaban J connectivity index is 1.55. The number of rotatable bonds is 3. The molecule has 2 aliphatic heterocycles. The fourth-order valence-corrected chi connectivity index (χ4v) is 3.52. The van der Waals surface area contributed by atoms with Crippen LogP contribution >= 0.6 is 11.6 Å². The van der Waals surface area contributed by atoms with Crippen LogP contribution in [0.1, 0.15) is 18.5 Å². The van der Waals surface area contributed by atoms with Crippen LogP contribution in [0.4, 0.5) is 5.69 Å². The number of benzene rings is 2. The van der Waals surface area contributed by atoms with Crippen LogP contribution in [-0.2, 0) is 4.79 Å². The molecule has 122 valence electrons. The van der Waals surface area contributed by atoms with Crippen LogP contribution < -0.4 is 5.01 Å². The molecule has 0 aliphatic carbocycles. The predicted octanol–water partition coefficient (Wildman–Crippen LogP) is 3.74. The number of hydrogen-bond acceptors (Lipinski definition) is 3. The van der Waals surface area contributed by atoms with Crippen LogP contribution in [0.3, 0.4) is 0 Å². The van der Waals surface area contributed by atoms with Crippen molar-refractivity contribution in [2.45, 2.75) is 13.0 Å². The normalized spacial score (nSPS) is 21.0. The first-order chi connectivity index (χ1) is 11.6. The molecule has 0 N–H and O–H groups in total. The van der Waals surface area contributed by atoms with Crippen molar-refractivity contribution in [1.82, 2.24) is 4.90 Å². The molecule has 2 aliphatic rings. The second kappa shape index (κ2) is 5.95. The summed E-state index contributed by atoms with van der Waals surface area (Å²) in [7, 11) is 0. The van der Waals surface area contributed by atoms with Gasteiger partial charge in [0.05, 0.1) is 18.3 Å². The van der Waals surface area contributed by atoms with Crippen molar-refractivity contribution in [3.63, 3.8) is 0 Å². The van der Waals surface area contributed by atoms with Crippen molar-refractivity contribution in [3.8, 4) is 0 Å². The van der Waals surface area contributed by atoms with Gasteiger partial charge in [0.25, 0.3) is 5.91 Å². The van der Waals surface area contributed by atoms with Crippen molar-refractivity contribution in [3.05, 3.63) is 65.2 Å². The Kier molecular flexibility index (Phi) is 3.77. The van der Waals surface area contributed by atoms with Crippen LogP contribution in [0.2, 0.25) is 5.02 Å². The largest absolute Gasteiger partial charge is 0.330 e. The van der Waals surface area contributed by atoms with E-state index in [-0.39, 0.29) is 17.9 Å². The smallest absolute Gasteiger partial charge is 0.271 e. The first-order valence-electron chi connectivity index (χ1n) is 8.11. The van der Waals surface area contributed by atoms with Gasteiger partial charge >= 0.3 is 0 Å². The van der Waals surface area contributed by atoms with Crippen molar-refractivity contribution in [1.29, 1.82) is 0 Å².